The molecule has 0 aliphatic carbocycles. The monoisotopic (exact) mass is 348 g/mol. The fourth-order valence-corrected chi connectivity index (χ4v) is 3.52. The molecule has 138 valence electrons. The van der Waals surface area contributed by atoms with Gasteiger partial charge in [-0.15, -0.1) is 0 Å². The standard InChI is InChI=1S/C18H28N4O3/c1-14(15-3-2-5-19-11-15)21-18(23)20-12-17(16-4-8-25-13-16)22-6-9-24-10-7-22/h2-3,5,11,14,16-17H,4,6-10,12-13H2,1H3,(H2,20,21,23)/t14-,16+,17-/m0/s1. The zero-order chi connectivity index (χ0) is 17.5. The molecule has 2 fully saturated rings. The predicted molar refractivity (Wildman–Crippen MR) is 94.3 cm³/mol. The molecule has 1 aromatic rings. The number of carbonyl (C=O) groups is 1. The lowest BCUT2D eigenvalue weighted by Crippen LogP contribution is -2.53. The Labute approximate surface area is 149 Å². The first-order chi connectivity index (χ1) is 12.2. The summed E-state index contributed by atoms with van der Waals surface area (Å²) in [7, 11) is 0. The molecule has 0 unspecified atom stereocenters. The molecule has 1 aromatic heterocycles. The lowest BCUT2D eigenvalue weighted by molar-refractivity contribution is 0.00211. The molecule has 3 atom stereocenters. The molecular weight excluding hydrogens is 320 g/mol. The maximum Gasteiger partial charge on any atom is 0.315 e. The summed E-state index contributed by atoms with van der Waals surface area (Å²) in [4.78, 5) is 18.8. The summed E-state index contributed by atoms with van der Waals surface area (Å²) in [5.74, 6) is 0.467. The molecule has 0 saturated carbocycles. The third kappa shape index (κ3) is 5.14. The highest BCUT2D eigenvalue weighted by atomic mass is 16.5. The predicted octanol–water partition coefficient (Wildman–Crippen LogP) is 1.18. The topological polar surface area (TPSA) is 75.7 Å². The van der Waals surface area contributed by atoms with Crippen LogP contribution in [0.5, 0.6) is 0 Å². The molecule has 0 bridgehead atoms. The van der Waals surface area contributed by atoms with Crippen molar-refractivity contribution in [2.24, 2.45) is 5.92 Å². The molecule has 2 aliphatic heterocycles. The van der Waals surface area contributed by atoms with Crippen LogP contribution in [0.25, 0.3) is 0 Å². The minimum absolute atomic E-state index is 0.0784. The second kappa shape index (κ2) is 9.12. The van der Waals surface area contributed by atoms with Crippen molar-refractivity contribution < 1.29 is 14.3 Å². The van der Waals surface area contributed by atoms with Gasteiger partial charge in [0.25, 0.3) is 0 Å². The molecule has 3 rings (SSSR count). The average molecular weight is 348 g/mol. The summed E-state index contributed by atoms with van der Waals surface area (Å²) in [6.07, 6.45) is 4.56. The Hall–Kier alpha value is -1.70. The van der Waals surface area contributed by atoms with Crippen molar-refractivity contribution in [1.82, 2.24) is 20.5 Å². The Morgan fingerprint density at radius 1 is 1.36 bits per heavy atom. The van der Waals surface area contributed by atoms with Crippen LogP contribution in [0.15, 0.2) is 24.5 Å². The molecule has 3 heterocycles. The molecule has 7 heteroatoms. The van der Waals surface area contributed by atoms with Gasteiger partial charge in [0.1, 0.15) is 0 Å². The highest BCUT2D eigenvalue weighted by molar-refractivity contribution is 5.74. The van der Waals surface area contributed by atoms with E-state index in [0.717, 1.165) is 51.5 Å². The fourth-order valence-electron chi connectivity index (χ4n) is 3.52. The van der Waals surface area contributed by atoms with E-state index >= 15 is 0 Å². The van der Waals surface area contributed by atoms with Gasteiger partial charge < -0.3 is 20.1 Å². The number of urea groups is 1. The van der Waals surface area contributed by atoms with Crippen LogP contribution >= 0.6 is 0 Å². The van der Waals surface area contributed by atoms with E-state index in [9.17, 15) is 4.79 Å². The number of morpholine rings is 1. The highest BCUT2D eigenvalue weighted by Gasteiger charge is 2.31. The molecule has 0 spiro atoms. The number of ether oxygens (including phenoxy) is 2. The van der Waals surface area contributed by atoms with Crippen molar-refractivity contribution in [1.29, 1.82) is 0 Å². The third-order valence-electron chi connectivity index (χ3n) is 5.03. The largest absolute Gasteiger partial charge is 0.381 e. The van der Waals surface area contributed by atoms with Crippen LogP contribution in [0.3, 0.4) is 0 Å². The van der Waals surface area contributed by atoms with Gasteiger partial charge in [-0.05, 0) is 25.0 Å². The van der Waals surface area contributed by atoms with Crippen LogP contribution in [-0.4, -0.2) is 68.0 Å². The first kappa shape index (κ1) is 18.1. The van der Waals surface area contributed by atoms with E-state index in [2.05, 4.69) is 20.5 Å². The van der Waals surface area contributed by atoms with Crippen LogP contribution in [0, 0.1) is 5.92 Å². The van der Waals surface area contributed by atoms with E-state index in [1.54, 1.807) is 12.4 Å². The third-order valence-corrected chi connectivity index (χ3v) is 5.03. The second-order valence-corrected chi connectivity index (χ2v) is 6.70. The number of pyridine rings is 1. The summed E-state index contributed by atoms with van der Waals surface area (Å²) in [6.45, 7) is 7.52. The van der Waals surface area contributed by atoms with Crippen LogP contribution in [-0.2, 0) is 9.47 Å². The van der Waals surface area contributed by atoms with Crippen molar-refractivity contribution in [2.45, 2.75) is 25.4 Å². The summed E-state index contributed by atoms with van der Waals surface area (Å²) in [5, 5.41) is 6.03. The number of aromatic nitrogens is 1. The normalized spacial score (nSPS) is 23.8. The first-order valence-corrected chi connectivity index (χ1v) is 9.08. The van der Waals surface area contributed by atoms with E-state index in [0.29, 0.717) is 18.5 Å². The Morgan fingerprint density at radius 2 is 2.20 bits per heavy atom. The van der Waals surface area contributed by atoms with E-state index in [1.165, 1.54) is 0 Å². The zero-order valence-electron chi connectivity index (χ0n) is 14.8. The van der Waals surface area contributed by atoms with Crippen molar-refractivity contribution in [2.75, 3.05) is 46.1 Å². The maximum atomic E-state index is 12.3. The van der Waals surface area contributed by atoms with Gasteiger partial charge >= 0.3 is 6.03 Å². The number of nitrogens with one attached hydrogen (secondary N) is 2. The van der Waals surface area contributed by atoms with E-state index in [-0.39, 0.29) is 12.1 Å². The number of hydrogen-bond acceptors (Lipinski definition) is 5. The first-order valence-electron chi connectivity index (χ1n) is 9.08. The molecule has 2 amide bonds. The van der Waals surface area contributed by atoms with Crippen molar-refractivity contribution >= 4 is 6.03 Å². The minimum atomic E-state index is -0.145. The van der Waals surface area contributed by atoms with Crippen LogP contribution in [0.2, 0.25) is 0 Å². The van der Waals surface area contributed by atoms with Crippen LogP contribution in [0.1, 0.15) is 24.9 Å². The van der Waals surface area contributed by atoms with E-state index in [4.69, 9.17) is 9.47 Å². The summed E-state index contributed by atoms with van der Waals surface area (Å²) < 4.78 is 11.0. The Bertz CT molecular complexity index is 530. The van der Waals surface area contributed by atoms with Gasteiger partial charge in [-0.2, -0.15) is 0 Å². The number of hydrogen-bond donors (Lipinski definition) is 2. The maximum absolute atomic E-state index is 12.3. The molecule has 2 saturated heterocycles. The van der Waals surface area contributed by atoms with Crippen molar-refractivity contribution in [3.05, 3.63) is 30.1 Å². The van der Waals surface area contributed by atoms with Gasteiger partial charge in [0.15, 0.2) is 0 Å². The Kier molecular flexibility index (Phi) is 6.61. The van der Waals surface area contributed by atoms with Crippen molar-refractivity contribution in [3.8, 4) is 0 Å². The number of rotatable bonds is 6. The molecule has 2 N–H and O–H groups in total. The SMILES string of the molecule is C[C@H](NC(=O)NC[C@@H]([C@@H]1CCOC1)N1CCOCC1)c1cccnc1. The van der Waals surface area contributed by atoms with E-state index in [1.807, 2.05) is 19.1 Å². The summed E-state index contributed by atoms with van der Waals surface area (Å²) >= 11 is 0. The van der Waals surface area contributed by atoms with Gasteiger partial charge in [0.05, 0.1) is 25.9 Å². The zero-order valence-corrected chi connectivity index (χ0v) is 14.8. The molecule has 2 aliphatic rings. The fraction of sp³-hybridized carbons (Fsp3) is 0.667. The van der Waals surface area contributed by atoms with Gasteiger partial charge in [-0.1, -0.05) is 6.07 Å². The van der Waals surface area contributed by atoms with Gasteiger partial charge in [0, 0.05) is 50.6 Å². The second-order valence-electron chi connectivity index (χ2n) is 6.70. The quantitative estimate of drug-likeness (QED) is 0.807. The Morgan fingerprint density at radius 3 is 2.88 bits per heavy atom. The van der Waals surface area contributed by atoms with Crippen LogP contribution in [0.4, 0.5) is 4.79 Å². The Balaban J connectivity index is 1.52. The minimum Gasteiger partial charge on any atom is -0.381 e. The molecule has 25 heavy (non-hydrogen) atoms. The highest BCUT2D eigenvalue weighted by Crippen LogP contribution is 2.21. The van der Waals surface area contributed by atoms with E-state index < -0.39 is 0 Å². The van der Waals surface area contributed by atoms with Gasteiger partial charge in [-0.3, -0.25) is 9.88 Å². The summed E-state index contributed by atoms with van der Waals surface area (Å²) in [6, 6.07) is 3.91. The van der Waals surface area contributed by atoms with Crippen molar-refractivity contribution in [3.63, 3.8) is 0 Å². The number of amides is 2. The lowest BCUT2D eigenvalue weighted by Gasteiger charge is -2.37. The lowest BCUT2D eigenvalue weighted by atomic mass is 9.97. The van der Waals surface area contributed by atoms with Gasteiger partial charge in [-0.25, -0.2) is 4.79 Å². The summed E-state index contributed by atoms with van der Waals surface area (Å²) in [5.41, 5.74) is 0.992. The number of nitrogens with zero attached hydrogens (tertiary/aromatic N) is 2. The smallest absolute Gasteiger partial charge is 0.315 e. The van der Waals surface area contributed by atoms with Crippen LogP contribution < -0.4 is 10.6 Å². The number of carbonyl (C=O) groups excluding carboxylic acids is 1. The van der Waals surface area contributed by atoms with Gasteiger partial charge in [0.2, 0.25) is 0 Å². The average Bonchev–Trinajstić information content (AvgIpc) is 3.18. The molecule has 7 nitrogen and oxygen atoms in total. The molecular formula is C18H28N4O3. The molecule has 0 aromatic carbocycles. The molecule has 0 radical (unpaired) electrons.